The van der Waals surface area contributed by atoms with Gasteiger partial charge < -0.3 is 14.9 Å². The maximum absolute atomic E-state index is 6.07. The molecule has 0 saturated heterocycles. The van der Waals surface area contributed by atoms with E-state index in [1.165, 1.54) is 0 Å². The standard InChI is InChI=1S/C13H17NO2/c1-3-15-9(2)13(14)12-8-10-6-4-5-7-11(10)16-12/h4-9,13H,3,14H2,1-2H3. The van der Waals surface area contributed by atoms with Gasteiger partial charge in [0.05, 0.1) is 12.1 Å². The third-order valence-corrected chi connectivity index (χ3v) is 2.71. The Morgan fingerprint density at radius 2 is 2.12 bits per heavy atom. The van der Waals surface area contributed by atoms with E-state index >= 15 is 0 Å². The van der Waals surface area contributed by atoms with E-state index < -0.39 is 0 Å². The molecule has 2 aromatic rings. The molecule has 0 aliphatic carbocycles. The summed E-state index contributed by atoms with van der Waals surface area (Å²) < 4.78 is 11.2. The van der Waals surface area contributed by atoms with Crippen LogP contribution in [0.2, 0.25) is 0 Å². The highest BCUT2D eigenvalue weighted by molar-refractivity contribution is 5.77. The zero-order chi connectivity index (χ0) is 11.5. The topological polar surface area (TPSA) is 48.4 Å². The first-order valence-electron chi connectivity index (χ1n) is 5.58. The summed E-state index contributed by atoms with van der Waals surface area (Å²) in [5.74, 6) is 0.780. The summed E-state index contributed by atoms with van der Waals surface area (Å²) in [6.07, 6.45) is -0.0365. The highest BCUT2D eigenvalue weighted by Gasteiger charge is 2.18. The molecule has 0 amide bonds. The Morgan fingerprint density at radius 3 is 2.81 bits per heavy atom. The zero-order valence-electron chi connectivity index (χ0n) is 9.64. The smallest absolute Gasteiger partial charge is 0.134 e. The molecule has 0 fully saturated rings. The lowest BCUT2D eigenvalue weighted by Crippen LogP contribution is -2.25. The van der Waals surface area contributed by atoms with Gasteiger partial charge in [-0.15, -0.1) is 0 Å². The molecule has 0 saturated carbocycles. The van der Waals surface area contributed by atoms with Crippen molar-refractivity contribution in [3.05, 3.63) is 36.1 Å². The Hall–Kier alpha value is -1.32. The Bertz CT molecular complexity index is 431. The average molecular weight is 219 g/mol. The first kappa shape index (κ1) is 11.2. The van der Waals surface area contributed by atoms with Gasteiger partial charge in [0, 0.05) is 12.0 Å². The lowest BCUT2D eigenvalue weighted by atomic mass is 10.1. The van der Waals surface area contributed by atoms with Crippen molar-refractivity contribution in [3.8, 4) is 0 Å². The quantitative estimate of drug-likeness (QED) is 0.860. The van der Waals surface area contributed by atoms with Gasteiger partial charge in [-0.25, -0.2) is 0 Å². The maximum Gasteiger partial charge on any atom is 0.134 e. The van der Waals surface area contributed by atoms with Crippen molar-refractivity contribution in [3.63, 3.8) is 0 Å². The van der Waals surface area contributed by atoms with Gasteiger partial charge in [-0.05, 0) is 26.0 Å². The maximum atomic E-state index is 6.07. The Balaban J connectivity index is 2.26. The second kappa shape index (κ2) is 4.68. The van der Waals surface area contributed by atoms with Crippen molar-refractivity contribution in [2.75, 3.05) is 6.61 Å². The van der Waals surface area contributed by atoms with E-state index in [4.69, 9.17) is 14.9 Å². The first-order chi connectivity index (χ1) is 7.72. The van der Waals surface area contributed by atoms with Crippen LogP contribution in [0, 0.1) is 0 Å². The molecule has 3 heteroatoms. The lowest BCUT2D eigenvalue weighted by Gasteiger charge is -2.17. The summed E-state index contributed by atoms with van der Waals surface area (Å²) in [7, 11) is 0. The van der Waals surface area contributed by atoms with Crippen LogP contribution in [0.5, 0.6) is 0 Å². The molecule has 0 aliphatic heterocycles. The van der Waals surface area contributed by atoms with Gasteiger partial charge in [0.15, 0.2) is 0 Å². The number of nitrogens with two attached hydrogens (primary N) is 1. The molecule has 0 bridgehead atoms. The average Bonchev–Trinajstić information content (AvgIpc) is 2.71. The highest BCUT2D eigenvalue weighted by atomic mass is 16.5. The number of hydrogen-bond acceptors (Lipinski definition) is 3. The highest BCUT2D eigenvalue weighted by Crippen LogP contribution is 2.25. The Kier molecular flexibility index (Phi) is 3.27. The van der Waals surface area contributed by atoms with Gasteiger partial charge in [-0.1, -0.05) is 18.2 Å². The van der Waals surface area contributed by atoms with Crippen LogP contribution < -0.4 is 5.73 Å². The van der Waals surface area contributed by atoms with Crippen LogP contribution in [0.15, 0.2) is 34.7 Å². The molecule has 2 unspecified atom stereocenters. The molecule has 3 nitrogen and oxygen atoms in total. The zero-order valence-corrected chi connectivity index (χ0v) is 9.64. The number of fused-ring (bicyclic) bond motifs is 1. The van der Waals surface area contributed by atoms with Gasteiger partial charge in [0.2, 0.25) is 0 Å². The number of hydrogen-bond donors (Lipinski definition) is 1. The summed E-state index contributed by atoms with van der Waals surface area (Å²) in [6, 6.07) is 9.66. The fourth-order valence-corrected chi connectivity index (χ4v) is 1.76. The minimum absolute atomic E-state index is 0.0365. The summed E-state index contributed by atoms with van der Waals surface area (Å²) >= 11 is 0. The monoisotopic (exact) mass is 219 g/mol. The van der Waals surface area contributed by atoms with E-state index in [-0.39, 0.29) is 12.1 Å². The van der Waals surface area contributed by atoms with E-state index in [1.807, 2.05) is 44.2 Å². The number of furan rings is 1. The second-order valence-electron chi connectivity index (χ2n) is 3.87. The van der Waals surface area contributed by atoms with Gasteiger partial charge in [0.25, 0.3) is 0 Å². The van der Waals surface area contributed by atoms with Crippen molar-refractivity contribution in [1.29, 1.82) is 0 Å². The summed E-state index contributed by atoms with van der Waals surface area (Å²) in [6.45, 7) is 4.58. The number of ether oxygens (including phenoxy) is 1. The van der Waals surface area contributed by atoms with Crippen LogP contribution >= 0.6 is 0 Å². The van der Waals surface area contributed by atoms with Crippen molar-refractivity contribution in [2.45, 2.75) is 26.0 Å². The molecule has 1 heterocycles. The minimum atomic E-state index is -0.215. The summed E-state index contributed by atoms with van der Waals surface area (Å²) in [5.41, 5.74) is 6.94. The fraction of sp³-hybridized carbons (Fsp3) is 0.385. The summed E-state index contributed by atoms with van der Waals surface area (Å²) in [5, 5.41) is 1.08. The van der Waals surface area contributed by atoms with Crippen LogP contribution in [-0.2, 0) is 4.74 Å². The van der Waals surface area contributed by atoms with Gasteiger partial charge >= 0.3 is 0 Å². The first-order valence-corrected chi connectivity index (χ1v) is 5.58. The Morgan fingerprint density at radius 1 is 1.38 bits per heavy atom. The predicted molar refractivity (Wildman–Crippen MR) is 64.2 cm³/mol. The third kappa shape index (κ3) is 2.10. The lowest BCUT2D eigenvalue weighted by molar-refractivity contribution is 0.0527. The van der Waals surface area contributed by atoms with Gasteiger partial charge in [-0.2, -0.15) is 0 Å². The number of benzene rings is 1. The van der Waals surface area contributed by atoms with E-state index in [0.29, 0.717) is 6.61 Å². The largest absolute Gasteiger partial charge is 0.459 e. The van der Waals surface area contributed by atoms with E-state index in [1.54, 1.807) is 0 Å². The number of para-hydroxylation sites is 1. The van der Waals surface area contributed by atoms with E-state index in [2.05, 4.69) is 0 Å². The van der Waals surface area contributed by atoms with Gasteiger partial charge in [0.1, 0.15) is 11.3 Å². The molecule has 0 aliphatic rings. The van der Waals surface area contributed by atoms with Crippen molar-refractivity contribution < 1.29 is 9.15 Å². The van der Waals surface area contributed by atoms with Crippen molar-refractivity contribution in [1.82, 2.24) is 0 Å². The predicted octanol–water partition coefficient (Wildman–Crippen LogP) is 2.86. The molecule has 1 aromatic carbocycles. The molecular weight excluding hydrogens is 202 g/mol. The SMILES string of the molecule is CCOC(C)C(N)c1cc2ccccc2o1. The van der Waals surface area contributed by atoms with Crippen LogP contribution in [0.4, 0.5) is 0 Å². The van der Waals surface area contributed by atoms with Crippen LogP contribution in [0.25, 0.3) is 11.0 Å². The van der Waals surface area contributed by atoms with Crippen molar-refractivity contribution in [2.24, 2.45) is 5.73 Å². The van der Waals surface area contributed by atoms with Crippen molar-refractivity contribution >= 4 is 11.0 Å². The van der Waals surface area contributed by atoms with Crippen LogP contribution in [0.1, 0.15) is 25.6 Å². The number of rotatable bonds is 4. The Labute approximate surface area is 95.2 Å². The molecule has 0 radical (unpaired) electrons. The third-order valence-electron chi connectivity index (χ3n) is 2.71. The molecule has 2 atom stereocenters. The molecule has 2 N–H and O–H groups in total. The van der Waals surface area contributed by atoms with E-state index in [9.17, 15) is 0 Å². The second-order valence-corrected chi connectivity index (χ2v) is 3.87. The normalized spacial score (nSPS) is 15.2. The van der Waals surface area contributed by atoms with Gasteiger partial charge in [-0.3, -0.25) is 0 Å². The molecular formula is C13H17NO2. The van der Waals surface area contributed by atoms with Crippen LogP contribution in [0.3, 0.4) is 0 Å². The molecule has 2 rings (SSSR count). The minimum Gasteiger partial charge on any atom is -0.459 e. The summed E-state index contributed by atoms with van der Waals surface area (Å²) in [4.78, 5) is 0. The molecule has 0 spiro atoms. The van der Waals surface area contributed by atoms with Crippen LogP contribution in [-0.4, -0.2) is 12.7 Å². The molecule has 16 heavy (non-hydrogen) atoms. The van der Waals surface area contributed by atoms with E-state index in [0.717, 1.165) is 16.7 Å². The molecule has 1 aromatic heterocycles. The molecule has 86 valence electrons. The fourth-order valence-electron chi connectivity index (χ4n) is 1.76.